The van der Waals surface area contributed by atoms with Crippen molar-refractivity contribution in [2.24, 2.45) is 17.3 Å². The number of carbonyl (C=O) groups is 1. The van der Waals surface area contributed by atoms with E-state index in [0.29, 0.717) is 11.8 Å². The minimum atomic E-state index is -0.278. The summed E-state index contributed by atoms with van der Waals surface area (Å²) in [6, 6.07) is 0. The smallest absolute Gasteiger partial charge is 0.126 e. The van der Waals surface area contributed by atoms with Crippen molar-refractivity contribution in [2.45, 2.75) is 52.9 Å². The molecule has 1 nitrogen and oxygen atoms in total. The van der Waals surface area contributed by atoms with Crippen LogP contribution in [0.5, 0.6) is 0 Å². The van der Waals surface area contributed by atoms with Crippen LogP contribution < -0.4 is 0 Å². The van der Waals surface area contributed by atoms with Crippen LogP contribution in [0, 0.1) is 17.3 Å². The van der Waals surface area contributed by atoms with Gasteiger partial charge in [-0.2, -0.15) is 0 Å². The highest BCUT2D eigenvalue weighted by molar-refractivity contribution is 6.18. The molecule has 1 aliphatic carbocycles. The number of aldehydes is 1. The van der Waals surface area contributed by atoms with E-state index >= 15 is 0 Å². The maximum atomic E-state index is 11.7. The lowest BCUT2D eigenvalue weighted by Crippen LogP contribution is -2.31. The molecule has 0 aliphatic heterocycles. The molecule has 0 fully saturated rings. The van der Waals surface area contributed by atoms with Crippen molar-refractivity contribution in [2.75, 3.05) is 5.88 Å². The van der Waals surface area contributed by atoms with Crippen molar-refractivity contribution in [3.8, 4) is 0 Å². The van der Waals surface area contributed by atoms with E-state index in [-0.39, 0.29) is 11.3 Å². The van der Waals surface area contributed by atoms with Crippen LogP contribution in [0.25, 0.3) is 0 Å². The van der Waals surface area contributed by atoms with Crippen molar-refractivity contribution in [3.63, 3.8) is 0 Å². The molecule has 0 saturated carbocycles. The van der Waals surface area contributed by atoms with E-state index < -0.39 is 0 Å². The minimum Gasteiger partial charge on any atom is -0.303 e. The topological polar surface area (TPSA) is 17.1 Å². The zero-order valence-electron chi connectivity index (χ0n) is 12.5. The number of hydrogen-bond donors (Lipinski definition) is 0. The number of carbonyl (C=O) groups excluding carboxylic acids is 1. The van der Waals surface area contributed by atoms with E-state index in [9.17, 15) is 4.79 Å². The molecule has 0 N–H and O–H groups in total. The summed E-state index contributed by atoms with van der Waals surface area (Å²) in [5.41, 5.74) is 1.03. The first-order valence-electron chi connectivity index (χ1n) is 7.41. The van der Waals surface area contributed by atoms with Crippen molar-refractivity contribution >= 4 is 17.9 Å². The van der Waals surface area contributed by atoms with Gasteiger partial charge in [0.15, 0.2) is 0 Å². The molecule has 0 saturated heterocycles. The largest absolute Gasteiger partial charge is 0.303 e. The van der Waals surface area contributed by atoms with E-state index in [4.69, 9.17) is 11.6 Å². The number of alkyl halides is 1. The summed E-state index contributed by atoms with van der Waals surface area (Å²) in [4.78, 5) is 11.7. The van der Waals surface area contributed by atoms with Gasteiger partial charge in [0.25, 0.3) is 0 Å². The molecule has 0 aromatic rings. The van der Waals surface area contributed by atoms with Crippen LogP contribution in [0.1, 0.15) is 52.9 Å². The Hall–Kier alpha value is -0.560. The Labute approximate surface area is 123 Å². The first-order chi connectivity index (χ1) is 9.07. The zero-order chi connectivity index (χ0) is 14.3. The van der Waals surface area contributed by atoms with Gasteiger partial charge in [-0.05, 0) is 50.9 Å². The third-order valence-corrected chi connectivity index (χ3v) is 4.81. The molecule has 0 spiro atoms. The van der Waals surface area contributed by atoms with E-state index in [1.807, 2.05) is 6.92 Å². The predicted octanol–water partition coefficient (Wildman–Crippen LogP) is 5.15. The molecule has 0 heterocycles. The molecule has 1 aliphatic rings. The second-order valence-corrected chi connectivity index (χ2v) is 6.35. The normalized spacial score (nSPS) is 24.8. The van der Waals surface area contributed by atoms with Crippen LogP contribution in [-0.4, -0.2) is 12.2 Å². The van der Waals surface area contributed by atoms with E-state index in [1.165, 1.54) is 24.8 Å². The van der Waals surface area contributed by atoms with Crippen molar-refractivity contribution in [3.05, 3.63) is 23.8 Å². The first-order valence-corrected chi connectivity index (χ1v) is 7.95. The fourth-order valence-corrected chi connectivity index (χ4v) is 3.31. The zero-order valence-corrected chi connectivity index (χ0v) is 13.2. The summed E-state index contributed by atoms with van der Waals surface area (Å²) in [6.45, 7) is 6.32. The average Bonchev–Trinajstić information content (AvgIpc) is 2.45. The summed E-state index contributed by atoms with van der Waals surface area (Å²) in [7, 11) is 0. The molecule has 19 heavy (non-hydrogen) atoms. The van der Waals surface area contributed by atoms with Crippen molar-refractivity contribution in [1.29, 1.82) is 0 Å². The molecule has 1 rings (SSSR count). The van der Waals surface area contributed by atoms with Crippen LogP contribution in [-0.2, 0) is 4.79 Å². The molecular formula is C17H27ClO. The van der Waals surface area contributed by atoms with E-state index in [0.717, 1.165) is 19.1 Å². The third kappa shape index (κ3) is 4.49. The number of allylic oxidation sites excluding steroid dienone is 4. The van der Waals surface area contributed by atoms with Gasteiger partial charge in [0.2, 0.25) is 0 Å². The number of halogens is 1. The average molecular weight is 283 g/mol. The Morgan fingerprint density at radius 2 is 2.32 bits per heavy atom. The molecule has 108 valence electrons. The molecule has 0 radical (unpaired) electrons. The lowest BCUT2D eigenvalue weighted by atomic mass is 9.68. The summed E-state index contributed by atoms with van der Waals surface area (Å²) < 4.78 is 0. The molecule has 0 amide bonds. The fourth-order valence-electron chi connectivity index (χ4n) is 3.09. The van der Waals surface area contributed by atoms with Gasteiger partial charge in [-0.25, -0.2) is 0 Å². The van der Waals surface area contributed by atoms with E-state index in [1.54, 1.807) is 0 Å². The number of rotatable bonds is 7. The molecule has 3 unspecified atom stereocenters. The summed E-state index contributed by atoms with van der Waals surface area (Å²) in [5, 5.41) is 0. The third-order valence-electron chi connectivity index (χ3n) is 4.62. The highest BCUT2D eigenvalue weighted by Gasteiger charge is 2.34. The van der Waals surface area contributed by atoms with Gasteiger partial charge in [-0.1, -0.05) is 37.6 Å². The Morgan fingerprint density at radius 1 is 1.58 bits per heavy atom. The van der Waals surface area contributed by atoms with Crippen molar-refractivity contribution < 1.29 is 4.79 Å². The second-order valence-electron chi connectivity index (χ2n) is 5.97. The summed E-state index contributed by atoms with van der Waals surface area (Å²) in [6.07, 6.45) is 13.3. The van der Waals surface area contributed by atoms with Crippen LogP contribution in [0.2, 0.25) is 0 Å². The maximum absolute atomic E-state index is 11.7. The highest BCUT2D eigenvalue weighted by atomic mass is 35.5. The first kappa shape index (κ1) is 16.5. The Balaban J connectivity index is 2.79. The van der Waals surface area contributed by atoms with Crippen LogP contribution in [0.4, 0.5) is 0 Å². The predicted molar refractivity (Wildman–Crippen MR) is 83.5 cm³/mol. The van der Waals surface area contributed by atoms with Gasteiger partial charge in [0.05, 0.1) is 0 Å². The van der Waals surface area contributed by atoms with E-state index in [2.05, 4.69) is 32.1 Å². The van der Waals surface area contributed by atoms with Gasteiger partial charge >= 0.3 is 0 Å². The lowest BCUT2D eigenvalue weighted by molar-refractivity contribution is -0.118. The molecule has 3 atom stereocenters. The Morgan fingerprint density at radius 3 is 2.79 bits per heavy atom. The molecule has 0 bridgehead atoms. The van der Waals surface area contributed by atoms with Crippen LogP contribution in [0.15, 0.2) is 23.8 Å². The summed E-state index contributed by atoms with van der Waals surface area (Å²) >= 11 is 5.86. The molecule has 0 aromatic carbocycles. The molecular weight excluding hydrogens is 256 g/mol. The van der Waals surface area contributed by atoms with Crippen LogP contribution >= 0.6 is 11.6 Å². The summed E-state index contributed by atoms with van der Waals surface area (Å²) in [5.74, 6) is 1.45. The SMILES string of the molecule is C/C=C(/CCCl)C(C)C(C)(C=O)CC1C=CCCC1. The van der Waals surface area contributed by atoms with Gasteiger partial charge in [-0.15, -0.1) is 11.6 Å². The monoisotopic (exact) mass is 282 g/mol. The number of hydrogen-bond acceptors (Lipinski definition) is 1. The quantitative estimate of drug-likeness (QED) is 0.358. The highest BCUT2D eigenvalue weighted by Crippen LogP contribution is 2.40. The van der Waals surface area contributed by atoms with Gasteiger partial charge in [-0.3, -0.25) is 0 Å². The van der Waals surface area contributed by atoms with Gasteiger partial charge in [0.1, 0.15) is 6.29 Å². The standard InChI is InChI=1S/C17H27ClO/c1-4-16(10-11-18)14(2)17(3,13-19)12-15-8-6-5-7-9-15/h4,6,8,13-15H,5,7,9-12H2,1-3H3/b16-4-. The molecule has 2 heteroatoms. The van der Waals surface area contributed by atoms with Crippen LogP contribution in [0.3, 0.4) is 0 Å². The lowest BCUT2D eigenvalue weighted by Gasteiger charge is -2.35. The van der Waals surface area contributed by atoms with Crippen molar-refractivity contribution in [1.82, 2.24) is 0 Å². The minimum absolute atomic E-state index is 0.268. The second kappa shape index (κ2) is 7.89. The Kier molecular flexibility index (Phi) is 6.85. The van der Waals surface area contributed by atoms with Gasteiger partial charge < -0.3 is 4.79 Å². The maximum Gasteiger partial charge on any atom is 0.126 e. The Bertz CT molecular complexity index is 345. The molecule has 0 aromatic heterocycles. The van der Waals surface area contributed by atoms with Gasteiger partial charge in [0, 0.05) is 11.3 Å². The fraction of sp³-hybridized carbons (Fsp3) is 0.706.